The van der Waals surface area contributed by atoms with Crippen molar-refractivity contribution >= 4 is 0 Å². The molecule has 0 aliphatic rings. The second-order valence-corrected chi connectivity index (χ2v) is 5.62. The first-order valence-electron chi connectivity index (χ1n) is 6.76. The van der Waals surface area contributed by atoms with Crippen LogP contribution < -0.4 is 5.73 Å². The summed E-state index contributed by atoms with van der Waals surface area (Å²) in [6, 6.07) is 6.19. The number of oxazole rings is 1. The molecule has 0 bridgehead atoms. The lowest BCUT2D eigenvalue weighted by atomic mass is 10.0. The van der Waals surface area contributed by atoms with E-state index in [2.05, 4.69) is 50.9 Å². The second kappa shape index (κ2) is 5.57. The lowest BCUT2D eigenvalue weighted by Gasteiger charge is -2.10. The van der Waals surface area contributed by atoms with E-state index in [0.717, 1.165) is 17.7 Å². The summed E-state index contributed by atoms with van der Waals surface area (Å²) in [6.07, 6.45) is 2.66. The average molecular weight is 258 g/mol. The first-order chi connectivity index (χ1) is 8.97. The molecule has 3 nitrogen and oxygen atoms in total. The summed E-state index contributed by atoms with van der Waals surface area (Å²) in [5.41, 5.74) is 9.59. The predicted molar refractivity (Wildman–Crippen MR) is 77.8 cm³/mol. The molecule has 0 fully saturated rings. The van der Waals surface area contributed by atoms with Crippen molar-refractivity contribution in [2.75, 3.05) is 0 Å². The van der Waals surface area contributed by atoms with Crippen LogP contribution in [0.5, 0.6) is 0 Å². The SMILES string of the molecule is Cc1ccc(C)c(-c2cnc(C(N)CC(C)C)o2)c1. The lowest BCUT2D eigenvalue weighted by molar-refractivity contribution is 0.408. The van der Waals surface area contributed by atoms with Gasteiger partial charge in [-0.15, -0.1) is 0 Å². The van der Waals surface area contributed by atoms with Gasteiger partial charge in [-0.25, -0.2) is 4.98 Å². The van der Waals surface area contributed by atoms with Crippen molar-refractivity contribution in [3.8, 4) is 11.3 Å². The van der Waals surface area contributed by atoms with Gasteiger partial charge in [-0.3, -0.25) is 0 Å². The number of hydrogen-bond acceptors (Lipinski definition) is 3. The second-order valence-electron chi connectivity index (χ2n) is 5.62. The Balaban J connectivity index is 2.28. The molecule has 1 atom stereocenters. The van der Waals surface area contributed by atoms with Crippen LogP contribution in [-0.2, 0) is 0 Å². The Morgan fingerprint density at radius 3 is 2.68 bits per heavy atom. The zero-order chi connectivity index (χ0) is 14.0. The van der Waals surface area contributed by atoms with Crippen molar-refractivity contribution < 1.29 is 4.42 Å². The average Bonchev–Trinajstić information content (AvgIpc) is 2.80. The maximum absolute atomic E-state index is 6.10. The molecule has 0 amide bonds. The summed E-state index contributed by atoms with van der Waals surface area (Å²) in [5.74, 6) is 1.96. The molecule has 0 saturated carbocycles. The normalized spacial score (nSPS) is 12.9. The minimum Gasteiger partial charge on any atom is -0.439 e. The molecular weight excluding hydrogens is 236 g/mol. The first-order valence-corrected chi connectivity index (χ1v) is 6.76. The van der Waals surface area contributed by atoms with Gasteiger partial charge in [0, 0.05) is 5.56 Å². The molecule has 102 valence electrons. The Bertz CT molecular complexity index is 558. The van der Waals surface area contributed by atoms with Crippen LogP contribution in [0.2, 0.25) is 0 Å². The first kappa shape index (κ1) is 13.8. The third kappa shape index (κ3) is 3.24. The van der Waals surface area contributed by atoms with E-state index in [1.54, 1.807) is 6.20 Å². The van der Waals surface area contributed by atoms with Gasteiger partial charge in [-0.1, -0.05) is 31.5 Å². The van der Waals surface area contributed by atoms with Gasteiger partial charge in [-0.05, 0) is 37.8 Å². The third-order valence-corrected chi connectivity index (χ3v) is 3.22. The maximum Gasteiger partial charge on any atom is 0.211 e. The number of aryl methyl sites for hydroxylation is 2. The maximum atomic E-state index is 6.10. The van der Waals surface area contributed by atoms with Gasteiger partial charge in [0.2, 0.25) is 5.89 Å². The predicted octanol–water partition coefficient (Wildman–Crippen LogP) is 4.00. The number of nitrogens with zero attached hydrogens (tertiary/aromatic N) is 1. The van der Waals surface area contributed by atoms with Crippen molar-refractivity contribution in [1.82, 2.24) is 4.98 Å². The fraction of sp³-hybridized carbons (Fsp3) is 0.438. The zero-order valence-electron chi connectivity index (χ0n) is 12.1. The van der Waals surface area contributed by atoms with Crippen molar-refractivity contribution in [2.24, 2.45) is 11.7 Å². The van der Waals surface area contributed by atoms with E-state index < -0.39 is 0 Å². The van der Waals surface area contributed by atoms with E-state index in [-0.39, 0.29) is 6.04 Å². The monoisotopic (exact) mass is 258 g/mol. The Hall–Kier alpha value is -1.61. The highest BCUT2D eigenvalue weighted by molar-refractivity contribution is 5.62. The smallest absolute Gasteiger partial charge is 0.211 e. The van der Waals surface area contributed by atoms with Crippen molar-refractivity contribution in [1.29, 1.82) is 0 Å². The largest absolute Gasteiger partial charge is 0.439 e. The summed E-state index contributed by atoms with van der Waals surface area (Å²) in [6.45, 7) is 8.44. The minimum atomic E-state index is -0.126. The van der Waals surface area contributed by atoms with Crippen LogP contribution in [-0.4, -0.2) is 4.98 Å². The molecule has 0 radical (unpaired) electrons. The highest BCUT2D eigenvalue weighted by Gasteiger charge is 2.16. The van der Waals surface area contributed by atoms with E-state index in [1.807, 2.05) is 0 Å². The number of rotatable bonds is 4. The Morgan fingerprint density at radius 1 is 1.26 bits per heavy atom. The highest BCUT2D eigenvalue weighted by atomic mass is 16.4. The van der Waals surface area contributed by atoms with Crippen LogP contribution in [0.1, 0.15) is 43.3 Å². The molecule has 0 saturated heterocycles. The Kier molecular flexibility index (Phi) is 4.05. The van der Waals surface area contributed by atoms with Crippen LogP contribution in [0.15, 0.2) is 28.8 Å². The van der Waals surface area contributed by atoms with E-state index in [0.29, 0.717) is 11.8 Å². The van der Waals surface area contributed by atoms with Crippen LogP contribution in [0, 0.1) is 19.8 Å². The zero-order valence-corrected chi connectivity index (χ0v) is 12.1. The van der Waals surface area contributed by atoms with E-state index in [4.69, 9.17) is 10.2 Å². The number of nitrogens with two attached hydrogens (primary N) is 1. The standard InChI is InChI=1S/C16H22N2O/c1-10(2)7-14(17)16-18-9-15(19-16)13-8-11(3)5-6-12(13)4/h5-6,8-10,14H,7,17H2,1-4H3. The quantitative estimate of drug-likeness (QED) is 0.901. The van der Waals surface area contributed by atoms with Gasteiger partial charge in [0.25, 0.3) is 0 Å². The Morgan fingerprint density at radius 2 is 2.00 bits per heavy atom. The molecule has 2 N–H and O–H groups in total. The van der Waals surface area contributed by atoms with Crippen molar-refractivity contribution in [3.63, 3.8) is 0 Å². The molecule has 0 aliphatic carbocycles. The molecule has 0 aliphatic heterocycles. The number of aromatic nitrogens is 1. The Labute approximate surface area is 114 Å². The summed E-state index contributed by atoms with van der Waals surface area (Å²) in [5, 5.41) is 0. The van der Waals surface area contributed by atoms with Gasteiger partial charge >= 0.3 is 0 Å². The summed E-state index contributed by atoms with van der Waals surface area (Å²) >= 11 is 0. The molecule has 2 rings (SSSR count). The van der Waals surface area contributed by atoms with Gasteiger partial charge in [0.15, 0.2) is 5.76 Å². The molecular formula is C16H22N2O. The topological polar surface area (TPSA) is 52.0 Å². The number of benzene rings is 1. The molecule has 0 spiro atoms. The molecule has 2 aromatic rings. The van der Waals surface area contributed by atoms with Gasteiger partial charge in [0.1, 0.15) is 0 Å². The van der Waals surface area contributed by atoms with Gasteiger partial charge in [-0.2, -0.15) is 0 Å². The van der Waals surface area contributed by atoms with Crippen LogP contribution >= 0.6 is 0 Å². The van der Waals surface area contributed by atoms with Gasteiger partial charge < -0.3 is 10.2 Å². The fourth-order valence-electron chi connectivity index (χ4n) is 2.19. The van der Waals surface area contributed by atoms with E-state index >= 15 is 0 Å². The van der Waals surface area contributed by atoms with Crippen molar-refractivity contribution in [3.05, 3.63) is 41.4 Å². The molecule has 1 unspecified atom stereocenters. The highest BCUT2D eigenvalue weighted by Crippen LogP contribution is 2.27. The van der Waals surface area contributed by atoms with Crippen LogP contribution in [0.3, 0.4) is 0 Å². The van der Waals surface area contributed by atoms with Crippen LogP contribution in [0.25, 0.3) is 11.3 Å². The molecule has 19 heavy (non-hydrogen) atoms. The third-order valence-electron chi connectivity index (χ3n) is 3.22. The fourth-order valence-corrected chi connectivity index (χ4v) is 2.19. The summed E-state index contributed by atoms with van der Waals surface area (Å²) in [7, 11) is 0. The molecule has 3 heteroatoms. The summed E-state index contributed by atoms with van der Waals surface area (Å²) in [4.78, 5) is 4.32. The molecule has 1 heterocycles. The minimum absolute atomic E-state index is 0.126. The summed E-state index contributed by atoms with van der Waals surface area (Å²) < 4.78 is 5.83. The van der Waals surface area contributed by atoms with Crippen LogP contribution in [0.4, 0.5) is 0 Å². The van der Waals surface area contributed by atoms with Crippen molar-refractivity contribution in [2.45, 2.75) is 40.2 Å². The number of hydrogen-bond donors (Lipinski definition) is 1. The molecule has 1 aromatic carbocycles. The van der Waals surface area contributed by atoms with Gasteiger partial charge in [0.05, 0.1) is 12.2 Å². The van der Waals surface area contributed by atoms with E-state index in [1.165, 1.54) is 11.1 Å². The van der Waals surface area contributed by atoms with E-state index in [9.17, 15) is 0 Å². The molecule has 1 aromatic heterocycles. The lowest BCUT2D eigenvalue weighted by Crippen LogP contribution is -2.13.